The van der Waals surface area contributed by atoms with Gasteiger partial charge in [-0.05, 0) is 25.0 Å². The Morgan fingerprint density at radius 3 is 2.67 bits per heavy atom. The van der Waals surface area contributed by atoms with Crippen LogP contribution in [0.2, 0.25) is 5.02 Å². The van der Waals surface area contributed by atoms with E-state index in [0.717, 1.165) is 17.1 Å². The van der Waals surface area contributed by atoms with Crippen molar-refractivity contribution in [1.82, 2.24) is 9.03 Å². The molecule has 8 heteroatoms. The van der Waals surface area contributed by atoms with Gasteiger partial charge in [-0.1, -0.05) is 17.7 Å². The fourth-order valence-electron chi connectivity index (χ4n) is 1.91. The number of aliphatic hydroxyl groups is 1. The lowest BCUT2D eigenvalue weighted by molar-refractivity contribution is 0.212. The van der Waals surface area contributed by atoms with Crippen molar-refractivity contribution in [3.05, 3.63) is 34.6 Å². The fourth-order valence-corrected chi connectivity index (χ4v) is 3.14. The molecule has 0 radical (unpaired) electrons. The van der Waals surface area contributed by atoms with Crippen molar-refractivity contribution in [2.24, 2.45) is 5.41 Å². The van der Waals surface area contributed by atoms with E-state index in [-0.39, 0.29) is 35.7 Å². The maximum Gasteiger partial charge on any atom is 0.279 e. The second-order valence-electron chi connectivity index (χ2n) is 5.44. The van der Waals surface area contributed by atoms with Crippen LogP contribution in [0.3, 0.4) is 0 Å². The largest absolute Gasteiger partial charge is 0.396 e. The molecule has 2 rings (SSSR count). The number of rotatable bonds is 7. The molecular formula is C13H18ClFN2O3S. The van der Waals surface area contributed by atoms with Crippen LogP contribution in [-0.4, -0.2) is 38.0 Å². The van der Waals surface area contributed by atoms with Crippen molar-refractivity contribution < 1.29 is 17.9 Å². The number of benzene rings is 1. The highest BCUT2D eigenvalue weighted by Crippen LogP contribution is 2.44. The summed E-state index contributed by atoms with van der Waals surface area (Å²) in [7, 11) is -2.40. The van der Waals surface area contributed by atoms with Crippen LogP contribution in [0.1, 0.15) is 18.4 Å². The molecule has 118 valence electrons. The standard InChI is InChI=1S/C13H18ClFN2O3S/c1-17(7-10-11(14)3-2-4-12(10)15)21(19,20)16-8-13(9-18)5-6-13/h2-4,16,18H,5-9H2,1H3. The van der Waals surface area contributed by atoms with Crippen LogP contribution in [0.15, 0.2) is 18.2 Å². The third-order valence-corrected chi connectivity index (χ3v) is 5.59. The Kier molecular flexibility index (Phi) is 4.89. The van der Waals surface area contributed by atoms with Crippen molar-refractivity contribution in [1.29, 1.82) is 0 Å². The molecular weight excluding hydrogens is 319 g/mol. The third kappa shape index (κ3) is 3.92. The van der Waals surface area contributed by atoms with E-state index in [9.17, 15) is 17.9 Å². The van der Waals surface area contributed by atoms with Crippen molar-refractivity contribution in [3.63, 3.8) is 0 Å². The summed E-state index contributed by atoms with van der Waals surface area (Å²) in [5.41, 5.74) is -0.195. The first kappa shape index (κ1) is 16.6. The molecule has 1 aromatic rings. The molecule has 0 heterocycles. The van der Waals surface area contributed by atoms with Gasteiger partial charge in [0.2, 0.25) is 0 Å². The van der Waals surface area contributed by atoms with E-state index in [1.54, 1.807) is 0 Å². The normalized spacial score (nSPS) is 17.2. The van der Waals surface area contributed by atoms with E-state index in [4.69, 9.17) is 11.6 Å². The van der Waals surface area contributed by atoms with E-state index in [2.05, 4.69) is 4.72 Å². The minimum Gasteiger partial charge on any atom is -0.396 e. The molecule has 1 aliphatic rings. The van der Waals surface area contributed by atoms with Crippen LogP contribution >= 0.6 is 11.6 Å². The van der Waals surface area contributed by atoms with Gasteiger partial charge in [0.05, 0.1) is 0 Å². The van der Waals surface area contributed by atoms with Crippen LogP contribution in [-0.2, 0) is 16.8 Å². The number of nitrogens with zero attached hydrogens (tertiary/aromatic N) is 1. The number of nitrogens with one attached hydrogen (secondary N) is 1. The van der Waals surface area contributed by atoms with Crippen molar-refractivity contribution in [2.45, 2.75) is 19.4 Å². The summed E-state index contributed by atoms with van der Waals surface area (Å²) in [6.45, 7) is -0.0213. The zero-order chi connectivity index (χ0) is 15.7. The Morgan fingerprint density at radius 1 is 1.48 bits per heavy atom. The second kappa shape index (κ2) is 6.18. The Labute approximate surface area is 128 Å². The average Bonchev–Trinajstić information content (AvgIpc) is 3.21. The highest BCUT2D eigenvalue weighted by Gasteiger charge is 2.42. The molecule has 1 aromatic carbocycles. The van der Waals surface area contributed by atoms with Gasteiger partial charge >= 0.3 is 0 Å². The second-order valence-corrected chi connectivity index (χ2v) is 7.71. The maximum absolute atomic E-state index is 13.7. The summed E-state index contributed by atoms with van der Waals surface area (Å²) in [4.78, 5) is 0. The van der Waals surface area contributed by atoms with E-state index in [0.29, 0.717) is 0 Å². The van der Waals surface area contributed by atoms with Crippen LogP contribution in [0.5, 0.6) is 0 Å². The van der Waals surface area contributed by atoms with Gasteiger partial charge in [-0.2, -0.15) is 12.7 Å². The first-order valence-corrected chi connectivity index (χ1v) is 8.36. The third-order valence-electron chi connectivity index (χ3n) is 3.77. The van der Waals surface area contributed by atoms with Crippen LogP contribution in [0, 0.1) is 11.2 Å². The van der Waals surface area contributed by atoms with Gasteiger partial charge in [-0.3, -0.25) is 0 Å². The smallest absolute Gasteiger partial charge is 0.279 e. The quantitative estimate of drug-likeness (QED) is 0.793. The Morgan fingerprint density at radius 2 is 2.14 bits per heavy atom. The topological polar surface area (TPSA) is 69.6 Å². The molecule has 0 aliphatic heterocycles. The predicted octanol–water partition coefficient (Wildman–Crippen LogP) is 1.52. The molecule has 1 aliphatic carbocycles. The average molecular weight is 337 g/mol. The van der Waals surface area contributed by atoms with Gasteiger partial charge in [0.25, 0.3) is 10.2 Å². The van der Waals surface area contributed by atoms with Gasteiger partial charge in [0.1, 0.15) is 5.82 Å². The van der Waals surface area contributed by atoms with Crippen LogP contribution < -0.4 is 4.72 Å². The maximum atomic E-state index is 13.7. The lowest BCUT2D eigenvalue weighted by Gasteiger charge is -2.20. The molecule has 5 nitrogen and oxygen atoms in total. The zero-order valence-corrected chi connectivity index (χ0v) is 13.2. The Bertz CT molecular complexity index is 600. The van der Waals surface area contributed by atoms with Crippen molar-refractivity contribution >= 4 is 21.8 Å². The molecule has 1 saturated carbocycles. The molecule has 0 atom stereocenters. The van der Waals surface area contributed by atoms with Gasteiger partial charge in [-0.15, -0.1) is 0 Å². The predicted molar refractivity (Wildman–Crippen MR) is 78.6 cm³/mol. The molecule has 0 spiro atoms. The fraction of sp³-hybridized carbons (Fsp3) is 0.538. The van der Waals surface area contributed by atoms with Gasteiger partial charge < -0.3 is 5.11 Å². The van der Waals surface area contributed by atoms with Gasteiger partial charge in [0, 0.05) is 42.7 Å². The lowest BCUT2D eigenvalue weighted by Crippen LogP contribution is -2.41. The first-order chi connectivity index (χ1) is 9.80. The highest BCUT2D eigenvalue weighted by atomic mass is 35.5. The molecule has 0 unspecified atom stereocenters. The van der Waals surface area contributed by atoms with Gasteiger partial charge in [0.15, 0.2) is 0 Å². The summed E-state index contributed by atoms with van der Waals surface area (Å²) in [6, 6.07) is 4.21. The first-order valence-electron chi connectivity index (χ1n) is 6.54. The lowest BCUT2D eigenvalue weighted by atomic mass is 10.1. The van der Waals surface area contributed by atoms with E-state index in [1.807, 2.05) is 0 Å². The number of aliphatic hydroxyl groups excluding tert-OH is 1. The number of hydrogen-bond donors (Lipinski definition) is 2. The van der Waals surface area contributed by atoms with E-state index in [1.165, 1.54) is 25.2 Å². The molecule has 1 fully saturated rings. The van der Waals surface area contributed by atoms with E-state index < -0.39 is 16.0 Å². The summed E-state index contributed by atoms with van der Waals surface area (Å²) >= 11 is 5.89. The summed E-state index contributed by atoms with van der Waals surface area (Å²) < 4.78 is 41.4. The molecule has 0 amide bonds. The summed E-state index contributed by atoms with van der Waals surface area (Å²) in [5, 5.41) is 9.37. The Balaban J connectivity index is 2.03. The number of halogens is 2. The SMILES string of the molecule is CN(Cc1c(F)cccc1Cl)S(=O)(=O)NCC1(CO)CC1. The molecule has 0 saturated heterocycles. The zero-order valence-electron chi connectivity index (χ0n) is 11.6. The monoisotopic (exact) mass is 336 g/mol. The summed E-state index contributed by atoms with van der Waals surface area (Å²) in [6.07, 6.45) is 1.60. The highest BCUT2D eigenvalue weighted by molar-refractivity contribution is 7.87. The van der Waals surface area contributed by atoms with Crippen molar-refractivity contribution in [3.8, 4) is 0 Å². The number of hydrogen-bond acceptors (Lipinski definition) is 3. The molecule has 2 N–H and O–H groups in total. The minimum absolute atomic E-state index is 0.0433. The van der Waals surface area contributed by atoms with Gasteiger partial charge in [-0.25, -0.2) is 9.11 Å². The minimum atomic E-state index is -3.75. The molecule has 0 bridgehead atoms. The van der Waals surface area contributed by atoms with Crippen LogP contribution in [0.25, 0.3) is 0 Å². The van der Waals surface area contributed by atoms with E-state index >= 15 is 0 Å². The molecule has 0 aromatic heterocycles. The summed E-state index contributed by atoms with van der Waals surface area (Å²) in [5.74, 6) is -0.543. The molecule has 21 heavy (non-hydrogen) atoms. The Hall–Kier alpha value is -0.730. The van der Waals surface area contributed by atoms with Crippen molar-refractivity contribution in [2.75, 3.05) is 20.2 Å². The van der Waals surface area contributed by atoms with Crippen LogP contribution in [0.4, 0.5) is 4.39 Å².